The van der Waals surface area contributed by atoms with Gasteiger partial charge in [0.05, 0.1) is 5.56 Å². The molecule has 0 spiro atoms. The molecule has 0 amide bonds. The van der Waals surface area contributed by atoms with E-state index in [0.717, 1.165) is 21.6 Å². The average Bonchev–Trinajstić information content (AvgIpc) is 3.18. The topological polar surface area (TPSA) is 35.5 Å². The second-order valence-corrected chi connectivity index (χ2v) is 7.82. The van der Waals surface area contributed by atoms with Gasteiger partial charge in [0.15, 0.2) is 5.76 Å². The quantitative estimate of drug-likeness (QED) is 0.491. The Balaban J connectivity index is 1.57. The monoisotopic (exact) mass is 396 g/mol. The van der Waals surface area contributed by atoms with Gasteiger partial charge in [-0.15, -0.1) is 11.3 Å². The maximum absolute atomic E-state index is 12.7. The van der Waals surface area contributed by atoms with Crippen molar-refractivity contribution in [3.63, 3.8) is 0 Å². The number of carbonyl (C=O) groups is 1. The van der Waals surface area contributed by atoms with E-state index in [2.05, 4.69) is 0 Å². The second kappa shape index (κ2) is 7.22. The van der Waals surface area contributed by atoms with Crippen LogP contribution in [0.25, 0.3) is 6.08 Å². The van der Waals surface area contributed by atoms with Crippen molar-refractivity contribution in [3.8, 4) is 11.5 Å². The first-order valence-electron chi connectivity index (χ1n) is 8.51. The van der Waals surface area contributed by atoms with Gasteiger partial charge in [0.1, 0.15) is 18.1 Å². The fourth-order valence-electron chi connectivity index (χ4n) is 2.96. The number of hydrogen-bond donors (Lipinski definition) is 0. The molecule has 1 aromatic heterocycles. The highest BCUT2D eigenvalue weighted by atomic mass is 35.5. The molecular weight excluding hydrogens is 380 g/mol. The van der Waals surface area contributed by atoms with Crippen LogP contribution in [-0.4, -0.2) is 5.78 Å². The van der Waals surface area contributed by atoms with E-state index in [1.807, 2.05) is 61.7 Å². The van der Waals surface area contributed by atoms with Crippen LogP contribution in [0.4, 0.5) is 0 Å². The summed E-state index contributed by atoms with van der Waals surface area (Å²) >= 11 is 7.50. The minimum absolute atomic E-state index is 0.0837. The molecule has 0 atom stereocenters. The van der Waals surface area contributed by atoms with Crippen molar-refractivity contribution in [2.45, 2.75) is 20.5 Å². The summed E-state index contributed by atoms with van der Waals surface area (Å²) in [4.78, 5) is 13.8. The second-order valence-electron chi connectivity index (χ2n) is 6.44. The highest BCUT2D eigenvalue weighted by molar-refractivity contribution is 7.11. The van der Waals surface area contributed by atoms with E-state index < -0.39 is 0 Å². The Morgan fingerprint density at radius 1 is 1.11 bits per heavy atom. The van der Waals surface area contributed by atoms with Gasteiger partial charge in [-0.3, -0.25) is 4.79 Å². The average molecular weight is 397 g/mol. The maximum Gasteiger partial charge on any atom is 0.232 e. The number of ether oxygens (including phenoxy) is 2. The van der Waals surface area contributed by atoms with Crippen LogP contribution >= 0.6 is 22.9 Å². The molecular formula is C22H17ClO3S. The number of allylic oxidation sites excluding steroid dienone is 1. The van der Waals surface area contributed by atoms with Gasteiger partial charge in [0.25, 0.3) is 0 Å². The van der Waals surface area contributed by atoms with Gasteiger partial charge >= 0.3 is 0 Å². The van der Waals surface area contributed by atoms with Gasteiger partial charge in [0, 0.05) is 22.0 Å². The molecule has 0 radical (unpaired) electrons. The van der Waals surface area contributed by atoms with E-state index in [1.54, 1.807) is 17.4 Å². The zero-order chi connectivity index (χ0) is 19.0. The van der Waals surface area contributed by atoms with Gasteiger partial charge in [-0.1, -0.05) is 23.7 Å². The van der Waals surface area contributed by atoms with Crippen LogP contribution in [0, 0.1) is 13.8 Å². The van der Waals surface area contributed by atoms with Crippen molar-refractivity contribution in [2.75, 3.05) is 0 Å². The number of aryl methyl sites for hydroxylation is 2. The van der Waals surface area contributed by atoms with Crippen molar-refractivity contribution in [1.82, 2.24) is 0 Å². The van der Waals surface area contributed by atoms with Crippen LogP contribution < -0.4 is 9.47 Å². The third-order valence-electron chi connectivity index (χ3n) is 4.43. The fourth-order valence-corrected chi connectivity index (χ4v) is 3.93. The summed E-state index contributed by atoms with van der Waals surface area (Å²) in [6.45, 7) is 4.33. The van der Waals surface area contributed by atoms with E-state index in [1.165, 1.54) is 0 Å². The molecule has 27 heavy (non-hydrogen) atoms. The molecule has 3 nitrogen and oxygen atoms in total. The zero-order valence-corrected chi connectivity index (χ0v) is 16.5. The lowest BCUT2D eigenvalue weighted by Crippen LogP contribution is -2.00. The summed E-state index contributed by atoms with van der Waals surface area (Å²) in [5, 5.41) is 2.70. The minimum atomic E-state index is -0.0837. The van der Waals surface area contributed by atoms with Crippen LogP contribution in [0.5, 0.6) is 11.5 Å². The first-order chi connectivity index (χ1) is 13.0. The largest absolute Gasteiger partial charge is 0.489 e. The molecule has 0 bridgehead atoms. The van der Waals surface area contributed by atoms with Gasteiger partial charge < -0.3 is 9.47 Å². The van der Waals surface area contributed by atoms with Gasteiger partial charge in [0.2, 0.25) is 5.78 Å². The van der Waals surface area contributed by atoms with Crippen LogP contribution in [0.2, 0.25) is 5.02 Å². The number of hydrogen-bond acceptors (Lipinski definition) is 4. The molecule has 2 heterocycles. The number of thiophene rings is 1. The van der Waals surface area contributed by atoms with Gasteiger partial charge in [-0.2, -0.15) is 0 Å². The molecule has 1 aliphatic heterocycles. The summed E-state index contributed by atoms with van der Waals surface area (Å²) in [6, 6.07) is 13.2. The number of rotatable bonds is 4. The van der Waals surface area contributed by atoms with E-state index in [4.69, 9.17) is 21.1 Å². The Kier molecular flexibility index (Phi) is 4.77. The molecule has 2 aromatic carbocycles. The molecule has 0 aliphatic carbocycles. The number of ketones is 1. The fraction of sp³-hybridized carbons (Fsp3) is 0.136. The SMILES string of the molecule is Cc1ccsc1/C=C1\Oc2cc(OCc3ccc(Cl)cc3)cc(C)c2C1=O. The van der Waals surface area contributed by atoms with Crippen LogP contribution in [0.15, 0.2) is 53.6 Å². The maximum atomic E-state index is 12.7. The number of Topliss-reactive ketones (excluding diaryl/α,β-unsaturated/α-hetero) is 1. The third kappa shape index (κ3) is 3.64. The predicted octanol–water partition coefficient (Wildman–Crippen LogP) is 6.21. The third-order valence-corrected chi connectivity index (χ3v) is 5.64. The Labute approximate surface area is 166 Å². The van der Waals surface area contributed by atoms with Crippen molar-refractivity contribution in [2.24, 2.45) is 0 Å². The van der Waals surface area contributed by atoms with Crippen molar-refractivity contribution in [3.05, 3.63) is 85.8 Å². The number of halogens is 1. The highest BCUT2D eigenvalue weighted by Crippen LogP contribution is 2.38. The molecule has 5 heteroatoms. The Morgan fingerprint density at radius 3 is 2.59 bits per heavy atom. The summed E-state index contributed by atoms with van der Waals surface area (Å²) in [5.41, 5.74) is 3.59. The molecule has 0 N–H and O–H groups in total. The molecule has 4 rings (SSSR count). The summed E-state index contributed by atoms with van der Waals surface area (Å²) < 4.78 is 11.7. The first kappa shape index (κ1) is 17.8. The van der Waals surface area contributed by atoms with Crippen molar-refractivity contribution < 1.29 is 14.3 Å². The highest BCUT2D eigenvalue weighted by Gasteiger charge is 2.30. The van der Waals surface area contributed by atoms with E-state index in [-0.39, 0.29) is 5.78 Å². The molecule has 136 valence electrons. The van der Waals surface area contributed by atoms with E-state index in [9.17, 15) is 4.79 Å². The lowest BCUT2D eigenvalue weighted by atomic mass is 10.0. The van der Waals surface area contributed by atoms with Crippen molar-refractivity contribution >= 4 is 34.8 Å². The summed E-state index contributed by atoms with van der Waals surface area (Å²) in [5.74, 6) is 1.49. The van der Waals surface area contributed by atoms with E-state index in [0.29, 0.717) is 34.5 Å². The summed E-state index contributed by atoms with van der Waals surface area (Å²) in [6.07, 6.45) is 1.82. The predicted molar refractivity (Wildman–Crippen MR) is 109 cm³/mol. The molecule has 0 unspecified atom stereocenters. The Bertz CT molecular complexity index is 1050. The Morgan fingerprint density at radius 2 is 1.89 bits per heavy atom. The first-order valence-corrected chi connectivity index (χ1v) is 9.77. The zero-order valence-electron chi connectivity index (χ0n) is 14.9. The lowest BCUT2D eigenvalue weighted by molar-refractivity contribution is 0.101. The van der Waals surface area contributed by atoms with E-state index >= 15 is 0 Å². The molecule has 0 fully saturated rings. The van der Waals surface area contributed by atoms with Crippen molar-refractivity contribution in [1.29, 1.82) is 0 Å². The Hall–Kier alpha value is -2.56. The molecule has 0 saturated carbocycles. The minimum Gasteiger partial charge on any atom is -0.489 e. The number of fused-ring (bicyclic) bond motifs is 1. The number of carbonyl (C=O) groups excluding carboxylic acids is 1. The number of benzene rings is 2. The van der Waals surface area contributed by atoms with Crippen LogP contribution in [0.3, 0.4) is 0 Å². The molecule has 3 aromatic rings. The normalized spacial score (nSPS) is 14.3. The van der Waals surface area contributed by atoms with Gasteiger partial charge in [-0.05, 0) is 60.2 Å². The summed E-state index contributed by atoms with van der Waals surface area (Å²) in [7, 11) is 0. The van der Waals surface area contributed by atoms with Crippen LogP contribution in [-0.2, 0) is 6.61 Å². The van der Waals surface area contributed by atoms with Gasteiger partial charge in [-0.25, -0.2) is 0 Å². The molecule has 1 aliphatic rings. The van der Waals surface area contributed by atoms with Crippen LogP contribution in [0.1, 0.15) is 31.9 Å². The lowest BCUT2D eigenvalue weighted by Gasteiger charge is -2.09. The standard InChI is InChI=1S/C22H17ClO3S/c1-13-7-8-27-20(13)11-19-22(24)21-14(2)9-17(10-18(21)26-19)25-12-15-3-5-16(23)6-4-15/h3-11H,12H2,1-2H3/b19-11-. The molecule has 0 saturated heterocycles. The smallest absolute Gasteiger partial charge is 0.232 e.